The van der Waals surface area contributed by atoms with Crippen molar-refractivity contribution >= 4 is 17.8 Å². The maximum Gasteiger partial charge on any atom is 0.262 e. The van der Waals surface area contributed by atoms with E-state index in [1.165, 1.54) is 24.7 Å². The molecule has 7 heteroatoms. The third-order valence-corrected chi connectivity index (χ3v) is 3.38. The number of nitrogens with zero attached hydrogens (tertiary/aromatic N) is 2. The molecule has 3 rings (SSSR count). The van der Waals surface area contributed by atoms with Crippen LogP contribution in [0.5, 0.6) is 0 Å². The van der Waals surface area contributed by atoms with Crippen molar-refractivity contribution in [3.63, 3.8) is 0 Å². The number of aromatic amines is 1. The molecule has 2 heterocycles. The average Bonchev–Trinajstić information content (AvgIpc) is 3.06. The molecule has 1 aromatic heterocycles. The van der Waals surface area contributed by atoms with Gasteiger partial charge in [-0.2, -0.15) is 0 Å². The number of amides is 2. The van der Waals surface area contributed by atoms with Gasteiger partial charge in [0.25, 0.3) is 11.8 Å². The van der Waals surface area contributed by atoms with E-state index >= 15 is 0 Å². The van der Waals surface area contributed by atoms with Gasteiger partial charge < -0.3 is 14.9 Å². The van der Waals surface area contributed by atoms with E-state index in [9.17, 15) is 19.5 Å². The maximum absolute atomic E-state index is 12.3. The first-order chi connectivity index (χ1) is 10.1. The molecule has 1 N–H and O–H groups in total. The number of nitrogens with one attached hydrogen (secondary N) is 1. The van der Waals surface area contributed by atoms with Crippen molar-refractivity contribution in [2.24, 2.45) is 0 Å². The minimum Gasteiger partial charge on any atom is -0.548 e. The summed E-state index contributed by atoms with van der Waals surface area (Å²) >= 11 is 0. The van der Waals surface area contributed by atoms with Crippen molar-refractivity contribution < 1.29 is 19.5 Å². The van der Waals surface area contributed by atoms with E-state index in [0.29, 0.717) is 5.69 Å². The van der Waals surface area contributed by atoms with Crippen molar-refractivity contribution in [1.82, 2.24) is 14.9 Å². The topological polar surface area (TPSA) is 106 Å². The summed E-state index contributed by atoms with van der Waals surface area (Å²) in [5, 5.41) is 11.4. The Bertz CT molecular complexity index is 689. The molecule has 1 aliphatic rings. The average molecular weight is 284 g/mol. The summed E-state index contributed by atoms with van der Waals surface area (Å²) in [4.78, 5) is 43.2. The van der Waals surface area contributed by atoms with Crippen LogP contribution in [0.25, 0.3) is 0 Å². The van der Waals surface area contributed by atoms with Crippen molar-refractivity contribution in [3.8, 4) is 0 Å². The molecule has 0 saturated heterocycles. The van der Waals surface area contributed by atoms with Crippen LogP contribution in [0.3, 0.4) is 0 Å². The number of carbonyl (C=O) groups excluding carboxylic acids is 3. The maximum atomic E-state index is 12.3. The molecule has 7 nitrogen and oxygen atoms in total. The van der Waals surface area contributed by atoms with Gasteiger partial charge in [0.05, 0.1) is 29.5 Å². The third kappa shape index (κ3) is 2.08. The van der Waals surface area contributed by atoms with Gasteiger partial charge in [-0.25, -0.2) is 4.98 Å². The monoisotopic (exact) mass is 284 g/mol. The highest BCUT2D eigenvalue weighted by atomic mass is 16.4. The second-order valence-corrected chi connectivity index (χ2v) is 4.64. The molecule has 0 bridgehead atoms. The number of hydrogen-bond acceptors (Lipinski definition) is 5. The van der Waals surface area contributed by atoms with E-state index in [2.05, 4.69) is 9.97 Å². The number of carboxylic acid groups (broad SMARTS) is 1. The Morgan fingerprint density at radius 3 is 2.33 bits per heavy atom. The number of fused-ring (bicyclic) bond motifs is 1. The molecule has 0 radical (unpaired) electrons. The van der Waals surface area contributed by atoms with Crippen LogP contribution in [0.2, 0.25) is 0 Å². The minimum atomic E-state index is -1.49. The zero-order valence-corrected chi connectivity index (χ0v) is 10.8. The third-order valence-electron chi connectivity index (χ3n) is 3.38. The Labute approximate surface area is 119 Å². The number of carbonyl (C=O) groups is 3. The van der Waals surface area contributed by atoms with Gasteiger partial charge in [-0.05, 0) is 12.1 Å². The van der Waals surface area contributed by atoms with Crippen molar-refractivity contribution in [1.29, 1.82) is 0 Å². The standard InChI is InChI=1S/C14H11N3O4/c18-12-9-3-1-2-4-10(9)13(19)17(12)11(14(20)21)5-8-6-15-7-16-8/h1-4,6-7,11H,5H2,(H,15,16)(H,20,21)/p-1/t11-/m0/s1. The molecular weight excluding hydrogens is 274 g/mol. The quantitative estimate of drug-likeness (QED) is 0.752. The Morgan fingerprint density at radius 1 is 1.24 bits per heavy atom. The highest BCUT2D eigenvalue weighted by Crippen LogP contribution is 2.25. The van der Waals surface area contributed by atoms with Crippen molar-refractivity contribution in [3.05, 3.63) is 53.6 Å². The first-order valence-corrected chi connectivity index (χ1v) is 6.24. The van der Waals surface area contributed by atoms with Gasteiger partial charge >= 0.3 is 0 Å². The summed E-state index contributed by atoms with van der Waals surface area (Å²) in [5.41, 5.74) is 0.914. The van der Waals surface area contributed by atoms with Crippen molar-refractivity contribution in [2.75, 3.05) is 0 Å². The minimum absolute atomic E-state index is 0.0756. The van der Waals surface area contributed by atoms with Crippen LogP contribution in [-0.2, 0) is 11.2 Å². The lowest BCUT2D eigenvalue weighted by Gasteiger charge is -2.26. The molecule has 2 amide bonds. The zero-order valence-electron chi connectivity index (χ0n) is 10.8. The van der Waals surface area contributed by atoms with Crippen LogP contribution in [0.1, 0.15) is 26.4 Å². The van der Waals surface area contributed by atoms with Gasteiger partial charge in [0.2, 0.25) is 0 Å². The molecule has 21 heavy (non-hydrogen) atoms. The van der Waals surface area contributed by atoms with Crippen LogP contribution in [0.4, 0.5) is 0 Å². The molecule has 1 aromatic carbocycles. The fraction of sp³-hybridized carbons (Fsp3) is 0.143. The van der Waals surface area contributed by atoms with Gasteiger partial charge in [0, 0.05) is 18.3 Å². The van der Waals surface area contributed by atoms with Gasteiger partial charge in [-0.3, -0.25) is 14.5 Å². The van der Waals surface area contributed by atoms with E-state index < -0.39 is 23.8 Å². The number of aliphatic carboxylic acids is 1. The van der Waals surface area contributed by atoms with E-state index in [1.807, 2.05) is 0 Å². The number of H-pyrrole nitrogens is 1. The number of imidazole rings is 1. The zero-order chi connectivity index (χ0) is 15.0. The molecule has 1 atom stereocenters. The van der Waals surface area contributed by atoms with E-state index in [1.54, 1.807) is 12.1 Å². The number of aromatic nitrogens is 2. The highest BCUT2D eigenvalue weighted by Gasteiger charge is 2.40. The lowest BCUT2D eigenvalue weighted by Crippen LogP contribution is -2.51. The largest absolute Gasteiger partial charge is 0.548 e. The molecule has 0 aliphatic carbocycles. The normalized spacial score (nSPS) is 15.1. The summed E-state index contributed by atoms with van der Waals surface area (Å²) < 4.78 is 0. The number of rotatable bonds is 4. The first-order valence-electron chi connectivity index (χ1n) is 6.24. The number of hydrogen-bond donors (Lipinski definition) is 1. The van der Waals surface area contributed by atoms with Gasteiger partial charge in [-0.1, -0.05) is 12.1 Å². The summed E-state index contributed by atoms with van der Waals surface area (Å²) in [6.45, 7) is 0. The smallest absolute Gasteiger partial charge is 0.262 e. The predicted octanol–water partition coefficient (Wildman–Crippen LogP) is -0.633. The molecular formula is C14H10N3O4-. The second-order valence-electron chi connectivity index (χ2n) is 4.64. The SMILES string of the molecule is O=C([O-])[C@H](Cc1cnc[nH]1)N1C(=O)c2ccccc2C1=O. The molecule has 0 unspecified atom stereocenters. The van der Waals surface area contributed by atoms with Crippen LogP contribution in [0.15, 0.2) is 36.8 Å². The number of carboxylic acids is 1. The summed E-state index contributed by atoms with van der Waals surface area (Å²) in [5.74, 6) is -2.73. The second kappa shape index (κ2) is 4.86. The fourth-order valence-electron chi connectivity index (χ4n) is 2.38. The van der Waals surface area contributed by atoms with Crippen LogP contribution in [0, 0.1) is 0 Å². The molecule has 0 spiro atoms. The summed E-state index contributed by atoms with van der Waals surface area (Å²) in [6, 6.07) is 4.86. The van der Waals surface area contributed by atoms with E-state index in [4.69, 9.17) is 0 Å². The number of benzene rings is 1. The molecule has 0 fully saturated rings. The van der Waals surface area contributed by atoms with Gasteiger partial charge in [-0.15, -0.1) is 0 Å². The Kier molecular flexibility index (Phi) is 3.02. The van der Waals surface area contributed by atoms with Gasteiger partial charge in [0.1, 0.15) is 0 Å². The molecule has 2 aromatic rings. The highest BCUT2D eigenvalue weighted by molar-refractivity contribution is 6.22. The Morgan fingerprint density at radius 2 is 1.86 bits per heavy atom. The lowest BCUT2D eigenvalue weighted by molar-refractivity contribution is -0.310. The molecule has 0 saturated carbocycles. The molecule has 106 valence electrons. The first kappa shape index (κ1) is 13.0. The predicted molar refractivity (Wildman–Crippen MR) is 68.0 cm³/mol. The summed E-state index contributed by atoms with van der Waals surface area (Å²) in [7, 11) is 0. The Hall–Kier alpha value is -2.96. The van der Waals surface area contributed by atoms with Crippen molar-refractivity contribution in [2.45, 2.75) is 12.5 Å². The van der Waals surface area contributed by atoms with E-state index in [-0.39, 0.29) is 17.5 Å². The molecule has 1 aliphatic heterocycles. The summed E-state index contributed by atoms with van der Waals surface area (Å²) in [6.07, 6.45) is 2.76. The van der Waals surface area contributed by atoms with Gasteiger partial charge in [0.15, 0.2) is 0 Å². The van der Waals surface area contributed by atoms with Crippen LogP contribution < -0.4 is 5.11 Å². The fourth-order valence-corrected chi connectivity index (χ4v) is 2.38. The van der Waals surface area contributed by atoms with Crippen LogP contribution in [-0.4, -0.2) is 38.7 Å². The number of imide groups is 1. The van der Waals surface area contributed by atoms with E-state index in [0.717, 1.165) is 4.90 Å². The lowest BCUT2D eigenvalue weighted by atomic mass is 10.1. The van der Waals surface area contributed by atoms with Crippen LogP contribution >= 0.6 is 0 Å². The Balaban J connectivity index is 1.96.